The highest BCUT2D eigenvalue weighted by molar-refractivity contribution is 7.10. The van der Waals surface area contributed by atoms with Crippen molar-refractivity contribution in [3.8, 4) is 0 Å². The van der Waals surface area contributed by atoms with Gasteiger partial charge in [0.1, 0.15) is 18.2 Å². The maximum Gasteiger partial charge on any atom is 0.257 e. The van der Waals surface area contributed by atoms with Crippen molar-refractivity contribution < 1.29 is 23.1 Å². The standard InChI is InChI=1S/C25H26F2N2O3S/c1-18-11-14-33-23(18)16-29(15-19-7-9-20(26)10-8-19)24(30)17-28(12-13-32-2)25(31)21-5-3-4-6-22(21)27/h3-11,14H,12-13,15-17H2,1-2H3. The molecule has 8 heteroatoms. The van der Waals surface area contributed by atoms with Crippen LogP contribution in [0.25, 0.3) is 0 Å². The number of rotatable bonds is 10. The van der Waals surface area contributed by atoms with Gasteiger partial charge in [0.15, 0.2) is 0 Å². The van der Waals surface area contributed by atoms with E-state index in [1.807, 2.05) is 18.4 Å². The first-order valence-corrected chi connectivity index (χ1v) is 11.3. The topological polar surface area (TPSA) is 49.9 Å². The average Bonchev–Trinajstić information content (AvgIpc) is 3.21. The van der Waals surface area contributed by atoms with Crippen LogP contribution < -0.4 is 0 Å². The van der Waals surface area contributed by atoms with Gasteiger partial charge in [0, 0.05) is 25.1 Å². The molecule has 0 aliphatic rings. The number of thiophene rings is 1. The van der Waals surface area contributed by atoms with Gasteiger partial charge in [0.05, 0.1) is 18.7 Å². The molecule has 0 fully saturated rings. The molecule has 0 N–H and O–H groups in total. The quantitative estimate of drug-likeness (QED) is 0.432. The third kappa shape index (κ3) is 6.69. The van der Waals surface area contributed by atoms with E-state index in [1.54, 1.807) is 34.4 Å². The van der Waals surface area contributed by atoms with Gasteiger partial charge >= 0.3 is 0 Å². The third-order valence-electron chi connectivity index (χ3n) is 5.22. The lowest BCUT2D eigenvalue weighted by molar-refractivity contribution is -0.133. The largest absolute Gasteiger partial charge is 0.383 e. The summed E-state index contributed by atoms with van der Waals surface area (Å²) in [5.74, 6) is -1.87. The van der Waals surface area contributed by atoms with Crippen LogP contribution in [-0.2, 0) is 22.6 Å². The smallest absolute Gasteiger partial charge is 0.257 e. The highest BCUT2D eigenvalue weighted by Crippen LogP contribution is 2.20. The Labute approximate surface area is 196 Å². The van der Waals surface area contributed by atoms with Gasteiger partial charge in [-0.1, -0.05) is 24.3 Å². The van der Waals surface area contributed by atoms with Gasteiger partial charge in [0.2, 0.25) is 5.91 Å². The van der Waals surface area contributed by atoms with Crippen LogP contribution in [0, 0.1) is 18.6 Å². The minimum absolute atomic E-state index is 0.0967. The average molecular weight is 473 g/mol. The monoisotopic (exact) mass is 472 g/mol. The molecule has 1 aromatic heterocycles. The summed E-state index contributed by atoms with van der Waals surface area (Å²) in [4.78, 5) is 30.3. The number of hydrogen-bond donors (Lipinski definition) is 0. The molecule has 1 heterocycles. The molecule has 3 aromatic rings. The zero-order chi connectivity index (χ0) is 23.8. The molecule has 5 nitrogen and oxygen atoms in total. The van der Waals surface area contributed by atoms with Crippen molar-refractivity contribution in [3.63, 3.8) is 0 Å². The Morgan fingerprint density at radius 3 is 2.33 bits per heavy atom. The second kappa shape index (κ2) is 11.7. The van der Waals surface area contributed by atoms with Crippen molar-refractivity contribution in [1.82, 2.24) is 9.80 Å². The highest BCUT2D eigenvalue weighted by atomic mass is 32.1. The Hall–Kier alpha value is -3.10. The van der Waals surface area contributed by atoms with E-state index in [-0.39, 0.29) is 43.5 Å². The van der Waals surface area contributed by atoms with Crippen LogP contribution in [-0.4, -0.2) is 48.4 Å². The van der Waals surface area contributed by atoms with E-state index in [2.05, 4.69) is 0 Å². The number of benzene rings is 2. The highest BCUT2D eigenvalue weighted by Gasteiger charge is 2.25. The number of hydrogen-bond acceptors (Lipinski definition) is 4. The number of halogens is 2. The Kier molecular flexibility index (Phi) is 8.68. The molecule has 3 rings (SSSR count). The second-order valence-electron chi connectivity index (χ2n) is 7.60. The number of aryl methyl sites for hydroxylation is 1. The van der Waals surface area contributed by atoms with Gasteiger partial charge in [0.25, 0.3) is 5.91 Å². The van der Waals surface area contributed by atoms with Crippen molar-refractivity contribution >= 4 is 23.2 Å². The van der Waals surface area contributed by atoms with Crippen LogP contribution in [0.3, 0.4) is 0 Å². The summed E-state index contributed by atoms with van der Waals surface area (Å²) < 4.78 is 32.7. The Balaban J connectivity index is 1.83. The van der Waals surface area contributed by atoms with E-state index in [4.69, 9.17) is 4.74 Å². The molecule has 0 saturated heterocycles. The van der Waals surface area contributed by atoms with Crippen LogP contribution in [0.15, 0.2) is 60.0 Å². The normalized spacial score (nSPS) is 10.8. The lowest BCUT2D eigenvalue weighted by atomic mass is 10.1. The number of carbonyl (C=O) groups excluding carboxylic acids is 2. The van der Waals surface area contributed by atoms with E-state index in [1.165, 1.54) is 42.3 Å². The van der Waals surface area contributed by atoms with Gasteiger partial charge in [-0.25, -0.2) is 8.78 Å². The molecule has 0 aliphatic carbocycles. The molecule has 0 saturated carbocycles. The summed E-state index contributed by atoms with van der Waals surface area (Å²) in [6.07, 6.45) is 0. The van der Waals surface area contributed by atoms with E-state index in [0.29, 0.717) is 6.54 Å². The molecular weight excluding hydrogens is 446 g/mol. The summed E-state index contributed by atoms with van der Waals surface area (Å²) in [6.45, 7) is 2.68. The molecule has 0 atom stereocenters. The van der Waals surface area contributed by atoms with E-state index in [9.17, 15) is 18.4 Å². The first-order valence-electron chi connectivity index (χ1n) is 10.5. The fraction of sp³-hybridized carbons (Fsp3) is 0.280. The van der Waals surface area contributed by atoms with Gasteiger partial charge in [-0.2, -0.15) is 0 Å². The first kappa shape index (κ1) is 24.5. The SMILES string of the molecule is COCCN(CC(=O)N(Cc1ccc(F)cc1)Cc1sccc1C)C(=O)c1ccccc1F. The van der Waals surface area contributed by atoms with Crippen LogP contribution >= 0.6 is 11.3 Å². The van der Waals surface area contributed by atoms with Gasteiger partial charge in [-0.15, -0.1) is 11.3 Å². The number of ether oxygens (including phenoxy) is 1. The Morgan fingerprint density at radius 2 is 1.70 bits per heavy atom. The Bertz CT molecular complexity index is 1090. The van der Waals surface area contributed by atoms with Crippen LogP contribution in [0.4, 0.5) is 8.78 Å². The number of nitrogens with zero attached hydrogens (tertiary/aromatic N) is 2. The number of carbonyl (C=O) groups is 2. The van der Waals surface area contributed by atoms with E-state index >= 15 is 0 Å². The van der Waals surface area contributed by atoms with Crippen molar-refractivity contribution in [1.29, 1.82) is 0 Å². The van der Waals surface area contributed by atoms with Crippen LogP contribution in [0.2, 0.25) is 0 Å². The van der Waals surface area contributed by atoms with Crippen molar-refractivity contribution in [2.24, 2.45) is 0 Å². The predicted molar refractivity (Wildman–Crippen MR) is 124 cm³/mol. The summed E-state index contributed by atoms with van der Waals surface area (Å²) >= 11 is 1.54. The molecule has 174 valence electrons. The molecule has 0 radical (unpaired) electrons. The van der Waals surface area contributed by atoms with Crippen molar-refractivity contribution in [2.45, 2.75) is 20.0 Å². The molecule has 0 bridgehead atoms. The van der Waals surface area contributed by atoms with Gasteiger partial charge in [-0.05, 0) is 53.8 Å². The fourth-order valence-electron chi connectivity index (χ4n) is 3.30. The summed E-state index contributed by atoms with van der Waals surface area (Å²) in [7, 11) is 1.49. The lowest BCUT2D eigenvalue weighted by Crippen LogP contribution is -2.44. The summed E-state index contributed by atoms with van der Waals surface area (Å²) in [6, 6.07) is 13.6. The maximum absolute atomic E-state index is 14.2. The molecular formula is C25H26F2N2O3S. The first-order chi connectivity index (χ1) is 15.9. The van der Waals surface area contributed by atoms with Crippen molar-refractivity contribution in [3.05, 3.63) is 93.2 Å². The molecule has 33 heavy (non-hydrogen) atoms. The zero-order valence-electron chi connectivity index (χ0n) is 18.6. The molecule has 0 spiro atoms. The maximum atomic E-state index is 14.2. The minimum atomic E-state index is -0.644. The van der Waals surface area contributed by atoms with Gasteiger partial charge in [-0.3, -0.25) is 9.59 Å². The van der Waals surface area contributed by atoms with Crippen LogP contribution in [0.5, 0.6) is 0 Å². The molecule has 0 aliphatic heterocycles. The van der Waals surface area contributed by atoms with E-state index < -0.39 is 11.7 Å². The second-order valence-corrected chi connectivity index (χ2v) is 8.60. The lowest BCUT2D eigenvalue weighted by Gasteiger charge is -2.28. The number of methoxy groups -OCH3 is 1. The predicted octanol–water partition coefficient (Wildman–Crippen LogP) is 4.65. The van der Waals surface area contributed by atoms with Gasteiger partial charge < -0.3 is 14.5 Å². The minimum Gasteiger partial charge on any atom is -0.383 e. The number of amides is 2. The zero-order valence-corrected chi connectivity index (χ0v) is 19.4. The molecule has 2 amide bonds. The van der Waals surface area contributed by atoms with Crippen molar-refractivity contribution in [2.75, 3.05) is 26.8 Å². The summed E-state index contributed by atoms with van der Waals surface area (Å²) in [5.41, 5.74) is 1.74. The third-order valence-corrected chi connectivity index (χ3v) is 6.23. The Morgan fingerprint density at radius 1 is 0.970 bits per heavy atom. The van der Waals surface area contributed by atoms with Crippen LogP contribution in [0.1, 0.15) is 26.4 Å². The van der Waals surface area contributed by atoms with E-state index in [0.717, 1.165) is 16.0 Å². The molecule has 2 aromatic carbocycles. The molecule has 0 unspecified atom stereocenters. The fourth-order valence-corrected chi connectivity index (χ4v) is 4.22. The summed E-state index contributed by atoms with van der Waals surface area (Å²) in [5, 5.41) is 1.96.